The molecule has 2 N–H and O–H groups in total. The van der Waals surface area contributed by atoms with Crippen LogP contribution in [-0.2, 0) is 22.4 Å². The lowest BCUT2D eigenvalue weighted by atomic mass is 9.84. The van der Waals surface area contributed by atoms with Crippen LogP contribution in [0.15, 0.2) is 42.5 Å². The minimum absolute atomic E-state index is 0.0936. The molecule has 1 atom stereocenters. The van der Waals surface area contributed by atoms with E-state index in [0.717, 1.165) is 0 Å². The largest absolute Gasteiger partial charge is 0.497 e. The normalized spacial score (nSPS) is 18.2. The predicted molar refractivity (Wildman–Crippen MR) is 109 cm³/mol. The van der Waals surface area contributed by atoms with Gasteiger partial charge in [-0.3, -0.25) is 9.59 Å². The van der Waals surface area contributed by atoms with Crippen LogP contribution in [0.25, 0.3) is 0 Å². The Labute approximate surface area is 174 Å². The second-order valence-electron chi connectivity index (χ2n) is 7.65. The molecule has 0 spiro atoms. The topological polar surface area (TPSA) is 67.4 Å². The van der Waals surface area contributed by atoms with Crippen LogP contribution in [0.1, 0.15) is 36.8 Å². The predicted octanol–water partition coefficient (Wildman–Crippen LogP) is 3.30. The van der Waals surface area contributed by atoms with E-state index in [4.69, 9.17) is 4.74 Å². The summed E-state index contributed by atoms with van der Waals surface area (Å²) in [7, 11) is 1.47. The van der Waals surface area contributed by atoms with Crippen LogP contribution in [0.5, 0.6) is 5.75 Å². The Balaban J connectivity index is 1.56. The smallest absolute Gasteiger partial charge is 0.220 e. The van der Waals surface area contributed by atoms with Gasteiger partial charge in [0.2, 0.25) is 11.8 Å². The molecule has 3 rings (SSSR count). The van der Waals surface area contributed by atoms with E-state index in [1.165, 1.54) is 19.2 Å². The molecular formula is C23H26F2N2O3. The van der Waals surface area contributed by atoms with E-state index in [1.54, 1.807) is 30.3 Å². The summed E-state index contributed by atoms with van der Waals surface area (Å²) in [6, 6.07) is 11.1. The van der Waals surface area contributed by atoms with E-state index in [-0.39, 0.29) is 24.1 Å². The number of halogens is 2. The molecule has 0 aromatic heterocycles. The quantitative estimate of drug-likeness (QED) is 0.659. The van der Waals surface area contributed by atoms with Gasteiger partial charge in [0, 0.05) is 31.0 Å². The Morgan fingerprint density at radius 3 is 2.63 bits per heavy atom. The van der Waals surface area contributed by atoms with Crippen molar-refractivity contribution in [2.45, 2.75) is 44.1 Å². The highest BCUT2D eigenvalue weighted by Crippen LogP contribution is 2.31. The number of ether oxygens (including phenoxy) is 1. The molecular weight excluding hydrogens is 390 g/mol. The van der Waals surface area contributed by atoms with E-state index in [0.29, 0.717) is 55.5 Å². The van der Waals surface area contributed by atoms with E-state index in [9.17, 15) is 18.4 Å². The lowest BCUT2D eigenvalue weighted by Crippen LogP contribution is -2.44. The molecule has 5 nitrogen and oxygen atoms in total. The zero-order valence-corrected chi connectivity index (χ0v) is 17.0. The maximum absolute atomic E-state index is 14.4. The summed E-state index contributed by atoms with van der Waals surface area (Å²) in [5.74, 6) is -0.536. The standard InChI is InChI=1S/C23H26F2N2O3/c1-30-18-7-6-17(20(25)14-18)15-23(12-9-22(29)27-23)11-8-21(28)26-13-10-16-4-2-3-5-19(16)24/h2-7,14H,8-13,15H2,1H3,(H,26,28)(H,27,29). The van der Waals surface area contributed by atoms with Crippen LogP contribution >= 0.6 is 0 Å². The molecule has 1 fully saturated rings. The SMILES string of the molecule is COc1ccc(CC2(CCC(=O)NCCc3ccccc3F)CCC(=O)N2)c(F)c1. The number of methoxy groups -OCH3 is 1. The van der Waals surface area contributed by atoms with Crippen molar-refractivity contribution >= 4 is 11.8 Å². The molecule has 0 radical (unpaired) electrons. The highest BCUT2D eigenvalue weighted by atomic mass is 19.1. The number of amides is 2. The second-order valence-corrected chi connectivity index (χ2v) is 7.65. The van der Waals surface area contributed by atoms with Gasteiger partial charge in [-0.05, 0) is 48.9 Å². The fourth-order valence-electron chi connectivity index (χ4n) is 3.82. The van der Waals surface area contributed by atoms with Gasteiger partial charge in [0.15, 0.2) is 0 Å². The Morgan fingerprint density at radius 1 is 1.17 bits per heavy atom. The van der Waals surface area contributed by atoms with Gasteiger partial charge < -0.3 is 15.4 Å². The summed E-state index contributed by atoms with van der Waals surface area (Å²) in [5, 5.41) is 5.74. The average Bonchev–Trinajstić information content (AvgIpc) is 3.10. The highest BCUT2D eigenvalue weighted by molar-refractivity contribution is 5.80. The third-order valence-corrected chi connectivity index (χ3v) is 5.53. The minimum Gasteiger partial charge on any atom is -0.497 e. The van der Waals surface area contributed by atoms with Crippen LogP contribution in [0.3, 0.4) is 0 Å². The highest BCUT2D eigenvalue weighted by Gasteiger charge is 2.38. The summed E-state index contributed by atoms with van der Waals surface area (Å²) in [5.41, 5.74) is 0.361. The first-order valence-electron chi connectivity index (χ1n) is 10.0. The zero-order valence-electron chi connectivity index (χ0n) is 17.0. The van der Waals surface area contributed by atoms with E-state index >= 15 is 0 Å². The monoisotopic (exact) mass is 416 g/mol. The lowest BCUT2D eigenvalue weighted by molar-refractivity contribution is -0.122. The summed E-state index contributed by atoms with van der Waals surface area (Å²) < 4.78 is 33.1. The third-order valence-electron chi connectivity index (χ3n) is 5.53. The molecule has 1 aliphatic rings. The van der Waals surface area contributed by atoms with E-state index < -0.39 is 11.4 Å². The van der Waals surface area contributed by atoms with Gasteiger partial charge in [-0.25, -0.2) is 8.78 Å². The molecule has 2 aromatic rings. The van der Waals surface area contributed by atoms with Crippen molar-refractivity contribution in [1.29, 1.82) is 0 Å². The van der Waals surface area contributed by atoms with E-state index in [2.05, 4.69) is 10.6 Å². The number of hydrogen-bond donors (Lipinski definition) is 2. The summed E-state index contributed by atoms with van der Waals surface area (Å²) >= 11 is 0. The molecule has 160 valence electrons. The Bertz CT molecular complexity index is 919. The molecule has 2 amide bonds. The second kappa shape index (κ2) is 9.69. The third kappa shape index (κ3) is 5.55. The van der Waals surface area contributed by atoms with Crippen molar-refractivity contribution in [3.8, 4) is 5.75 Å². The van der Waals surface area contributed by atoms with Gasteiger partial charge in [0.25, 0.3) is 0 Å². The van der Waals surface area contributed by atoms with Gasteiger partial charge in [-0.15, -0.1) is 0 Å². The average molecular weight is 416 g/mol. The maximum atomic E-state index is 14.4. The Morgan fingerprint density at radius 2 is 1.97 bits per heavy atom. The number of carbonyl (C=O) groups is 2. The molecule has 0 aliphatic carbocycles. The van der Waals surface area contributed by atoms with Crippen molar-refractivity contribution in [2.75, 3.05) is 13.7 Å². The first kappa shape index (κ1) is 21.7. The minimum atomic E-state index is -0.657. The fraction of sp³-hybridized carbons (Fsp3) is 0.391. The number of hydrogen-bond acceptors (Lipinski definition) is 3. The lowest BCUT2D eigenvalue weighted by Gasteiger charge is -2.29. The fourth-order valence-corrected chi connectivity index (χ4v) is 3.82. The molecule has 1 aliphatic heterocycles. The van der Waals surface area contributed by atoms with Crippen molar-refractivity contribution in [1.82, 2.24) is 10.6 Å². The van der Waals surface area contributed by atoms with Crippen LogP contribution in [-0.4, -0.2) is 31.0 Å². The molecule has 1 saturated heterocycles. The molecule has 7 heteroatoms. The molecule has 1 heterocycles. The number of nitrogens with one attached hydrogen (secondary N) is 2. The first-order valence-corrected chi connectivity index (χ1v) is 10.0. The van der Waals surface area contributed by atoms with Crippen molar-refractivity contribution < 1.29 is 23.1 Å². The van der Waals surface area contributed by atoms with Crippen LogP contribution in [0.2, 0.25) is 0 Å². The van der Waals surface area contributed by atoms with Crippen LogP contribution in [0, 0.1) is 11.6 Å². The van der Waals surface area contributed by atoms with Gasteiger partial charge in [-0.2, -0.15) is 0 Å². The summed E-state index contributed by atoms with van der Waals surface area (Å²) in [4.78, 5) is 24.2. The molecule has 1 unspecified atom stereocenters. The van der Waals surface area contributed by atoms with Gasteiger partial charge >= 0.3 is 0 Å². The zero-order chi connectivity index (χ0) is 21.6. The van der Waals surface area contributed by atoms with E-state index in [1.807, 2.05) is 0 Å². The Hall–Kier alpha value is -2.96. The van der Waals surface area contributed by atoms with Gasteiger partial charge in [-0.1, -0.05) is 24.3 Å². The number of rotatable bonds is 9. The number of carbonyl (C=O) groups excluding carboxylic acids is 2. The molecule has 0 saturated carbocycles. The Kier molecular flexibility index (Phi) is 7.03. The van der Waals surface area contributed by atoms with Crippen LogP contribution < -0.4 is 15.4 Å². The first-order chi connectivity index (χ1) is 14.4. The summed E-state index contributed by atoms with van der Waals surface area (Å²) in [6.45, 7) is 0.326. The van der Waals surface area contributed by atoms with Crippen molar-refractivity contribution in [2.24, 2.45) is 0 Å². The van der Waals surface area contributed by atoms with Crippen molar-refractivity contribution in [3.05, 3.63) is 65.2 Å². The molecule has 30 heavy (non-hydrogen) atoms. The van der Waals surface area contributed by atoms with Gasteiger partial charge in [0.1, 0.15) is 17.4 Å². The molecule has 0 bridgehead atoms. The number of benzene rings is 2. The molecule has 2 aromatic carbocycles. The van der Waals surface area contributed by atoms with Crippen LogP contribution in [0.4, 0.5) is 8.78 Å². The summed E-state index contributed by atoms with van der Waals surface area (Å²) in [6.07, 6.45) is 2.19. The van der Waals surface area contributed by atoms with Crippen molar-refractivity contribution in [3.63, 3.8) is 0 Å². The van der Waals surface area contributed by atoms with Gasteiger partial charge in [0.05, 0.1) is 7.11 Å². The maximum Gasteiger partial charge on any atom is 0.220 e.